The molecule has 4 bridgehead atoms. The molecule has 4 aliphatic rings. The Kier molecular flexibility index (Phi) is 3.15. The average molecular weight is 266 g/mol. The molecule has 0 heterocycles. The summed E-state index contributed by atoms with van der Waals surface area (Å²) in [6.07, 6.45) is 6.00. The Balaban J connectivity index is 1.78. The van der Waals surface area contributed by atoms with Gasteiger partial charge in [0.2, 0.25) is 0 Å². The number of amides is 2. The Hall–Kier alpha value is -1.26. The molecule has 0 radical (unpaired) electrons. The zero-order valence-electron chi connectivity index (χ0n) is 11.3. The first-order chi connectivity index (χ1) is 9.08. The van der Waals surface area contributed by atoms with Gasteiger partial charge in [0.15, 0.2) is 0 Å². The van der Waals surface area contributed by atoms with E-state index in [0.29, 0.717) is 11.8 Å². The molecule has 4 aliphatic carbocycles. The fraction of sp³-hybridized carbons (Fsp3) is 0.857. The van der Waals surface area contributed by atoms with Crippen molar-refractivity contribution in [2.24, 2.45) is 29.6 Å². The summed E-state index contributed by atoms with van der Waals surface area (Å²) in [7, 11) is 1.52. The van der Waals surface area contributed by atoms with Gasteiger partial charge >= 0.3 is 12.0 Å². The second-order valence-corrected chi connectivity index (χ2v) is 6.55. The Morgan fingerprint density at radius 1 is 1.05 bits per heavy atom. The standard InChI is InChI=1S/C14H22N2O3/c1-15-14(19)16-12(13(17)18)11-9-3-7-2-8(5-9)6-10(11)4-7/h7-12H,2-6H2,1H3,(H,17,18)(H2,15,16,19). The Bertz CT molecular complexity index is 368. The highest BCUT2D eigenvalue weighted by molar-refractivity contribution is 5.82. The summed E-state index contributed by atoms with van der Waals surface area (Å²) in [4.78, 5) is 23.0. The van der Waals surface area contributed by atoms with Crippen LogP contribution < -0.4 is 10.6 Å². The maximum absolute atomic E-state index is 11.5. The van der Waals surface area contributed by atoms with Crippen LogP contribution >= 0.6 is 0 Å². The number of aliphatic carboxylic acids is 1. The van der Waals surface area contributed by atoms with E-state index in [1.165, 1.54) is 13.5 Å². The van der Waals surface area contributed by atoms with Crippen molar-refractivity contribution in [3.63, 3.8) is 0 Å². The lowest BCUT2D eigenvalue weighted by Gasteiger charge is -2.55. The highest BCUT2D eigenvalue weighted by Gasteiger charge is 2.52. The van der Waals surface area contributed by atoms with E-state index >= 15 is 0 Å². The summed E-state index contributed by atoms with van der Waals surface area (Å²) in [5.74, 6) is 1.86. The van der Waals surface area contributed by atoms with Crippen LogP contribution in [0.5, 0.6) is 0 Å². The summed E-state index contributed by atoms with van der Waals surface area (Å²) in [5, 5.41) is 14.6. The Morgan fingerprint density at radius 3 is 2.00 bits per heavy atom. The van der Waals surface area contributed by atoms with E-state index < -0.39 is 12.0 Å². The van der Waals surface area contributed by atoms with Crippen LogP contribution in [0.4, 0.5) is 4.79 Å². The number of carboxylic acids is 1. The first kappa shape index (κ1) is 12.8. The van der Waals surface area contributed by atoms with Gasteiger partial charge in [0.05, 0.1) is 0 Å². The van der Waals surface area contributed by atoms with E-state index in [0.717, 1.165) is 37.5 Å². The van der Waals surface area contributed by atoms with Gasteiger partial charge in [-0.15, -0.1) is 0 Å². The minimum Gasteiger partial charge on any atom is -0.480 e. The maximum atomic E-state index is 11.5. The summed E-state index contributed by atoms with van der Waals surface area (Å²) >= 11 is 0. The van der Waals surface area contributed by atoms with Crippen molar-refractivity contribution in [2.45, 2.75) is 38.1 Å². The summed E-state index contributed by atoms with van der Waals surface area (Å²) in [5.41, 5.74) is 0. The third-order valence-electron chi connectivity index (χ3n) is 5.46. The van der Waals surface area contributed by atoms with Gasteiger partial charge in [-0.05, 0) is 61.7 Å². The summed E-state index contributed by atoms with van der Waals surface area (Å²) in [6.45, 7) is 0. The Morgan fingerprint density at radius 2 is 1.58 bits per heavy atom. The molecule has 0 spiro atoms. The van der Waals surface area contributed by atoms with Gasteiger partial charge in [0.25, 0.3) is 0 Å². The lowest BCUT2D eigenvalue weighted by molar-refractivity contribution is -0.146. The van der Waals surface area contributed by atoms with Crippen molar-refractivity contribution >= 4 is 12.0 Å². The van der Waals surface area contributed by atoms with Crippen LogP contribution in [0.1, 0.15) is 32.1 Å². The third-order valence-corrected chi connectivity index (χ3v) is 5.46. The molecular weight excluding hydrogens is 244 g/mol. The number of carboxylic acid groups (broad SMARTS) is 1. The van der Waals surface area contributed by atoms with Gasteiger partial charge in [-0.1, -0.05) is 0 Å². The number of nitrogens with one attached hydrogen (secondary N) is 2. The molecule has 0 aromatic rings. The van der Waals surface area contributed by atoms with E-state index in [1.807, 2.05) is 0 Å². The van der Waals surface area contributed by atoms with Crippen LogP contribution in [0.3, 0.4) is 0 Å². The second kappa shape index (κ2) is 4.69. The number of rotatable bonds is 3. The third kappa shape index (κ3) is 2.19. The molecule has 5 nitrogen and oxygen atoms in total. The fourth-order valence-corrected chi connectivity index (χ4v) is 5.05. The molecule has 0 saturated heterocycles. The number of carbonyl (C=O) groups is 2. The zero-order valence-corrected chi connectivity index (χ0v) is 11.3. The molecule has 5 heteroatoms. The number of carbonyl (C=O) groups excluding carboxylic acids is 1. The van der Waals surface area contributed by atoms with Gasteiger partial charge in [-0.3, -0.25) is 0 Å². The average Bonchev–Trinajstić information content (AvgIpc) is 2.35. The predicted octanol–water partition coefficient (Wildman–Crippen LogP) is 1.44. The van der Waals surface area contributed by atoms with Crippen molar-refractivity contribution < 1.29 is 14.7 Å². The van der Waals surface area contributed by atoms with E-state index in [1.54, 1.807) is 0 Å². The minimum atomic E-state index is -0.888. The van der Waals surface area contributed by atoms with Gasteiger partial charge in [-0.25, -0.2) is 9.59 Å². The quantitative estimate of drug-likeness (QED) is 0.723. The van der Waals surface area contributed by atoms with Crippen molar-refractivity contribution in [1.82, 2.24) is 10.6 Å². The van der Waals surface area contributed by atoms with Gasteiger partial charge in [0.1, 0.15) is 6.04 Å². The highest BCUT2D eigenvalue weighted by Crippen LogP contribution is 2.57. The van der Waals surface area contributed by atoms with Crippen molar-refractivity contribution in [1.29, 1.82) is 0 Å². The monoisotopic (exact) mass is 266 g/mol. The van der Waals surface area contributed by atoms with Gasteiger partial charge in [-0.2, -0.15) is 0 Å². The van der Waals surface area contributed by atoms with Crippen molar-refractivity contribution in [3.05, 3.63) is 0 Å². The van der Waals surface area contributed by atoms with Crippen LogP contribution in [-0.4, -0.2) is 30.2 Å². The molecule has 19 heavy (non-hydrogen) atoms. The number of hydrogen-bond acceptors (Lipinski definition) is 2. The Labute approximate surface area is 113 Å². The minimum absolute atomic E-state index is 0.127. The van der Waals surface area contributed by atoms with Crippen LogP contribution in [-0.2, 0) is 4.79 Å². The normalized spacial score (nSPS) is 40.8. The smallest absolute Gasteiger partial charge is 0.326 e. The van der Waals surface area contributed by atoms with Crippen LogP contribution in [0.15, 0.2) is 0 Å². The molecule has 3 N–H and O–H groups in total. The molecule has 4 fully saturated rings. The molecule has 2 amide bonds. The lowest BCUT2D eigenvalue weighted by Crippen LogP contribution is -2.57. The molecule has 0 aromatic carbocycles. The van der Waals surface area contributed by atoms with E-state index in [4.69, 9.17) is 0 Å². The predicted molar refractivity (Wildman–Crippen MR) is 69.6 cm³/mol. The first-order valence-electron chi connectivity index (χ1n) is 7.29. The molecular formula is C14H22N2O3. The topological polar surface area (TPSA) is 78.4 Å². The van der Waals surface area contributed by atoms with Crippen LogP contribution in [0.2, 0.25) is 0 Å². The van der Waals surface area contributed by atoms with Gasteiger partial charge in [0, 0.05) is 7.05 Å². The fourth-order valence-electron chi connectivity index (χ4n) is 5.05. The maximum Gasteiger partial charge on any atom is 0.326 e. The number of urea groups is 1. The summed E-state index contributed by atoms with van der Waals surface area (Å²) in [6, 6.07) is -1.11. The number of hydrogen-bond donors (Lipinski definition) is 3. The van der Waals surface area contributed by atoms with E-state index in [-0.39, 0.29) is 11.9 Å². The van der Waals surface area contributed by atoms with E-state index in [9.17, 15) is 14.7 Å². The molecule has 4 rings (SSSR count). The van der Waals surface area contributed by atoms with Gasteiger partial charge < -0.3 is 15.7 Å². The molecule has 1 unspecified atom stereocenters. The molecule has 4 saturated carbocycles. The first-order valence-corrected chi connectivity index (χ1v) is 7.29. The lowest BCUT2D eigenvalue weighted by atomic mass is 9.50. The largest absolute Gasteiger partial charge is 0.480 e. The molecule has 0 aromatic heterocycles. The SMILES string of the molecule is CNC(=O)NC(C(=O)O)C1C2CC3CC(C2)CC1C3. The van der Waals surface area contributed by atoms with Crippen LogP contribution in [0.25, 0.3) is 0 Å². The molecule has 1 atom stereocenters. The van der Waals surface area contributed by atoms with E-state index in [2.05, 4.69) is 10.6 Å². The van der Waals surface area contributed by atoms with Crippen LogP contribution in [0, 0.1) is 29.6 Å². The molecule has 0 aliphatic heterocycles. The molecule has 106 valence electrons. The highest BCUT2D eigenvalue weighted by atomic mass is 16.4. The van der Waals surface area contributed by atoms with Crippen molar-refractivity contribution in [2.75, 3.05) is 7.05 Å². The summed E-state index contributed by atoms with van der Waals surface area (Å²) < 4.78 is 0. The second-order valence-electron chi connectivity index (χ2n) is 6.55. The zero-order chi connectivity index (χ0) is 13.6. The van der Waals surface area contributed by atoms with Crippen molar-refractivity contribution in [3.8, 4) is 0 Å².